The quantitative estimate of drug-likeness (QED) is 0.433. The Hall–Kier alpha value is -3.16. The molecule has 2 bridgehead atoms. The molecule has 222 valence electrons. The normalized spacial score (nSPS) is 33.1. The second-order valence-electron chi connectivity index (χ2n) is 12.8. The lowest BCUT2D eigenvalue weighted by molar-refractivity contribution is -0.141. The fraction of sp³-hybridized carbons (Fsp3) is 0.500. The Bertz CT molecular complexity index is 1420. The number of ether oxygens (including phenoxy) is 1. The van der Waals surface area contributed by atoms with Crippen LogP contribution in [0.3, 0.4) is 0 Å². The minimum Gasteiger partial charge on any atom is -0.359 e. The number of carbonyl (C=O) groups excluding carboxylic acids is 3. The van der Waals surface area contributed by atoms with Gasteiger partial charge in [0.25, 0.3) is 0 Å². The Kier molecular flexibility index (Phi) is 7.69. The molecule has 0 unspecified atom stereocenters. The minimum atomic E-state index is -1.18. The van der Waals surface area contributed by atoms with E-state index in [-0.39, 0.29) is 23.8 Å². The molecule has 3 fully saturated rings. The largest absolute Gasteiger partial charge is 0.359 e. The summed E-state index contributed by atoms with van der Waals surface area (Å²) in [6, 6.07) is 12.8. The van der Waals surface area contributed by atoms with Crippen molar-refractivity contribution in [1.82, 2.24) is 10.2 Å². The molecule has 3 aliphatic heterocycles. The molecule has 0 aromatic heterocycles. The SMILES string of the molecule is Cc1ccc(CCN2C(=O)[C@@H]3[C@H](C(=O)Nc4ccc(C)c(Cl)c4)[C@@H]4C=C[C@@]3(O4)[C@@H]2C(=O)N[C@@H]2CCC[C@@H](C)[C@@H]2C)cc1. The molecule has 3 amide bonds. The molecule has 1 spiro atoms. The number of nitrogens with one attached hydrogen (secondary N) is 2. The van der Waals surface area contributed by atoms with E-state index in [0.29, 0.717) is 35.5 Å². The number of benzene rings is 2. The van der Waals surface area contributed by atoms with Crippen molar-refractivity contribution in [2.24, 2.45) is 23.7 Å². The molecule has 2 N–H and O–H groups in total. The highest BCUT2D eigenvalue weighted by Gasteiger charge is 2.72. The summed E-state index contributed by atoms with van der Waals surface area (Å²) in [5.41, 5.74) is 2.54. The molecular formula is C34H40ClN3O4. The number of hydrogen-bond donors (Lipinski definition) is 2. The first-order valence-corrected chi connectivity index (χ1v) is 15.6. The van der Waals surface area contributed by atoms with Crippen molar-refractivity contribution in [3.8, 4) is 0 Å². The van der Waals surface area contributed by atoms with Crippen LogP contribution < -0.4 is 10.6 Å². The molecule has 42 heavy (non-hydrogen) atoms. The van der Waals surface area contributed by atoms with Gasteiger partial charge in [0.1, 0.15) is 11.6 Å². The first kappa shape index (κ1) is 28.9. The van der Waals surface area contributed by atoms with Crippen LogP contribution in [0.4, 0.5) is 5.69 Å². The fourth-order valence-electron chi connectivity index (χ4n) is 7.46. The molecule has 7 nitrogen and oxygen atoms in total. The van der Waals surface area contributed by atoms with Gasteiger partial charge in [-0.15, -0.1) is 0 Å². The summed E-state index contributed by atoms with van der Waals surface area (Å²) in [5.74, 6) is -1.40. The Morgan fingerprint density at radius 3 is 2.57 bits per heavy atom. The van der Waals surface area contributed by atoms with E-state index in [9.17, 15) is 14.4 Å². The highest BCUT2D eigenvalue weighted by atomic mass is 35.5. The summed E-state index contributed by atoms with van der Waals surface area (Å²) in [4.78, 5) is 43.9. The summed E-state index contributed by atoms with van der Waals surface area (Å²) in [7, 11) is 0. The number of halogens is 1. The van der Waals surface area contributed by atoms with E-state index in [1.807, 2.05) is 32.1 Å². The molecule has 2 aromatic rings. The maximum atomic E-state index is 14.3. The third-order valence-corrected chi connectivity index (χ3v) is 10.6. The lowest BCUT2D eigenvalue weighted by atomic mass is 9.73. The summed E-state index contributed by atoms with van der Waals surface area (Å²) in [5, 5.41) is 6.83. The fourth-order valence-corrected chi connectivity index (χ4v) is 7.64. The second kappa shape index (κ2) is 11.2. The molecular weight excluding hydrogens is 550 g/mol. The molecule has 1 aliphatic carbocycles. The highest BCUT2D eigenvalue weighted by molar-refractivity contribution is 6.31. The van der Waals surface area contributed by atoms with Crippen LogP contribution in [-0.4, -0.2) is 53.0 Å². The number of nitrogens with zero attached hydrogens (tertiary/aromatic N) is 1. The zero-order chi connectivity index (χ0) is 29.8. The van der Waals surface area contributed by atoms with Crippen LogP contribution in [0.1, 0.15) is 49.8 Å². The average molecular weight is 590 g/mol. The van der Waals surface area contributed by atoms with Crippen LogP contribution in [0.5, 0.6) is 0 Å². The van der Waals surface area contributed by atoms with E-state index < -0.39 is 29.6 Å². The van der Waals surface area contributed by atoms with E-state index in [1.165, 1.54) is 0 Å². The third-order valence-electron chi connectivity index (χ3n) is 10.2. The monoisotopic (exact) mass is 589 g/mol. The van der Waals surface area contributed by atoms with Gasteiger partial charge in [-0.1, -0.05) is 86.3 Å². The van der Waals surface area contributed by atoms with Gasteiger partial charge in [-0.25, -0.2) is 0 Å². The molecule has 2 aromatic carbocycles. The molecule has 1 saturated carbocycles. The summed E-state index contributed by atoms with van der Waals surface area (Å²) in [6.45, 7) is 8.73. The Morgan fingerprint density at radius 2 is 1.83 bits per heavy atom. The standard InChI is InChI=1S/C34H40ClN3O4/c1-19-8-11-23(12-9-19)15-17-38-30(32(40)37-26-7-5-6-20(2)22(26)4)34-16-14-27(42-34)28(29(34)33(38)41)31(39)36-24-13-10-21(3)25(35)18-24/h8-14,16,18,20,22,26-30H,5-7,15,17H2,1-4H3,(H,36,39)(H,37,40)/t20-,22+,26-,27+,28-,29+,30+,34+/m1/s1. The van der Waals surface area contributed by atoms with E-state index in [2.05, 4.69) is 48.7 Å². The minimum absolute atomic E-state index is 0.0405. The molecule has 2 saturated heterocycles. The first-order chi connectivity index (χ1) is 20.1. The average Bonchev–Trinajstić information content (AvgIpc) is 3.60. The number of amides is 3. The van der Waals surface area contributed by atoms with Crippen molar-refractivity contribution in [2.45, 2.75) is 77.2 Å². The van der Waals surface area contributed by atoms with Crippen LogP contribution in [0, 0.1) is 37.5 Å². The summed E-state index contributed by atoms with van der Waals surface area (Å²) in [6.07, 6.45) is 6.88. The van der Waals surface area contributed by atoms with Gasteiger partial charge in [-0.2, -0.15) is 0 Å². The van der Waals surface area contributed by atoms with Crippen molar-refractivity contribution in [3.05, 3.63) is 76.3 Å². The number of carbonyl (C=O) groups is 3. The molecule has 6 rings (SSSR count). The maximum Gasteiger partial charge on any atom is 0.246 e. The predicted octanol–water partition coefficient (Wildman–Crippen LogP) is 5.23. The first-order valence-electron chi connectivity index (χ1n) is 15.2. The van der Waals surface area contributed by atoms with E-state index >= 15 is 0 Å². The van der Waals surface area contributed by atoms with Gasteiger partial charge in [-0.05, 0) is 61.8 Å². The number of hydrogen-bond acceptors (Lipinski definition) is 4. The number of rotatable bonds is 7. The van der Waals surface area contributed by atoms with Gasteiger partial charge < -0.3 is 20.3 Å². The van der Waals surface area contributed by atoms with Crippen LogP contribution in [0.2, 0.25) is 5.02 Å². The van der Waals surface area contributed by atoms with Crippen molar-refractivity contribution < 1.29 is 19.1 Å². The third kappa shape index (κ3) is 4.94. The van der Waals surface area contributed by atoms with Crippen LogP contribution in [-0.2, 0) is 25.5 Å². The molecule has 3 heterocycles. The smallest absolute Gasteiger partial charge is 0.246 e. The number of anilines is 1. The van der Waals surface area contributed by atoms with Crippen molar-refractivity contribution in [1.29, 1.82) is 0 Å². The predicted molar refractivity (Wildman–Crippen MR) is 163 cm³/mol. The Labute approximate surface area is 253 Å². The molecule has 4 aliphatic rings. The van der Waals surface area contributed by atoms with E-state index in [1.54, 1.807) is 17.0 Å². The van der Waals surface area contributed by atoms with Gasteiger partial charge in [0.2, 0.25) is 17.7 Å². The Morgan fingerprint density at radius 1 is 1.07 bits per heavy atom. The summed E-state index contributed by atoms with van der Waals surface area (Å²) < 4.78 is 6.52. The zero-order valence-electron chi connectivity index (χ0n) is 24.7. The van der Waals surface area contributed by atoms with Crippen molar-refractivity contribution in [2.75, 3.05) is 11.9 Å². The van der Waals surface area contributed by atoms with Crippen molar-refractivity contribution in [3.63, 3.8) is 0 Å². The second-order valence-corrected chi connectivity index (χ2v) is 13.2. The lowest BCUT2D eigenvalue weighted by Crippen LogP contribution is -2.58. The van der Waals surface area contributed by atoms with Crippen LogP contribution in [0.25, 0.3) is 0 Å². The van der Waals surface area contributed by atoms with Gasteiger partial charge in [-0.3, -0.25) is 14.4 Å². The molecule has 0 radical (unpaired) electrons. The molecule has 8 heteroatoms. The van der Waals surface area contributed by atoms with E-state index in [0.717, 1.165) is 36.0 Å². The van der Waals surface area contributed by atoms with Crippen molar-refractivity contribution >= 4 is 35.0 Å². The van der Waals surface area contributed by atoms with Crippen LogP contribution >= 0.6 is 11.6 Å². The van der Waals surface area contributed by atoms with Gasteiger partial charge >= 0.3 is 0 Å². The number of fused-ring (bicyclic) bond motifs is 1. The van der Waals surface area contributed by atoms with Gasteiger partial charge in [0.15, 0.2) is 0 Å². The summed E-state index contributed by atoms with van der Waals surface area (Å²) >= 11 is 6.30. The lowest BCUT2D eigenvalue weighted by Gasteiger charge is -2.38. The Balaban J connectivity index is 1.30. The topological polar surface area (TPSA) is 87.7 Å². The van der Waals surface area contributed by atoms with Gasteiger partial charge in [0, 0.05) is 23.3 Å². The van der Waals surface area contributed by atoms with Crippen LogP contribution in [0.15, 0.2) is 54.6 Å². The number of likely N-dealkylation sites (tertiary alicyclic amines) is 1. The zero-order valence-corrected chi connectivity index (χ0v) is 25.5. The number of aryl methyl sites for hydroxylation is 2. The van der Waals surface area contributed by atoms with E-state index in [4.69, 9.17) is 16.3 Å². The highest BCUT2D eigenvalue weighted by Crippen LogP contribution is 2.55. The van der Waals surface area contributed by atoms with Gasteiger partial charge in [0.05, 0.1) is 17.9 Å². The maximum absolute atomic E-state index is 14.3. The molecule has 8 atom stereocenters.